The molecule has 2 N–H and O–H groups in total. The van der Waals surface area contributed by atoms with Crippen molar-refractivity contribution in [3.63, 3.8) is 0 Å². The molecule has 2 aliphatic heterocycles. The van der Waals surface area contributed by atoms with Gasteiger partial charge in [-0.05, 0) is 43.5 Å². The van der Waals surface area contributed by atoms with Crippen LogP contribution in [0.15, 0.2) is 18.2 Å². The molecule has 3 rings (SSSR count). The molecule has 2 aliphatic rings. The molecule has 1 fully saturated rings. The fraction of sp³-hybridized carbons (Fsp3) is 0.556. The Morgan fingerprint density at radius 3 is 3.00 bits per heavy atom. The van der Waals surface area contributed by atoms with Gasteiger partial charge < -0.3 is 20.3 Å². The van der Waals surface area contributed by atoms with Crippen molar-refractivity contribution < 1.29 is 14.3 Å². The minimum absolute atomic E-state index is 0. The fourth-order valence-electron chi connectivity index (χ4n) is 3.18. The van der Waals surface area contributed by atoms with Crippen LogP contribution in [0, 0.1) is 0 Å². The number of carbonyl (C=O) groups excluding carboxylic acids is 2. The quantitative estimate of drug-likeness (QED) is 0.781. The first-order valence-corrected chi connectivity index (χ1v) is 8.68. The molecule has 0 aliphatic carbocycles. The summed E-state index contributed by atoms with van der Waals surface area (Å²) in [6, 6.07) is 6.10. The van der Waals surface area contributed by atoms with Crippen LogP contribution in [-0.2, 0) is 16.0 Å². The molecule has 1 aromatic rings. The van der Waals surface area contributed by atoms with Gasteiger partial charge in [0.15, 0.2) is 0 Å². The number of fused-ring (bicyclic) bond motifs is 1. The molecule has 0 aromatic heterocycles. The van der Waals surface area contributed by atoms with Gasteiger partial charge >= 0.3 is 0 Å². The molecule has 2 amide bonds. The monoisotopic (exact) mass is 367 g/mol. The summed E-state index contributed by atoms with van der Waals surface area (Å²) >= 11 is 0. The van der Waals surface area contributed by atoms with E-state index < -0.39 is 0 Å². The van der Waals surface area contributed by atoms with Crippen molar-refractivity contribution >= 4 is 29.9 Å². The highest BCUT2D eigenvalue weighted by atomic mass is 35.5. The second-order valence-corrected chi connectivity index (χ2v) is 6.51. The van der Waals surface area contributed by atoms with Gasteiger partial charge in [-0.15, -0.1) is 12.4 Å². The highest BCUT2D eigenvalue weighted by molar-refractivity contribution is 5.94. The number of anilines is 1. The van der Waals surface area contributed by atoms with Crippen LogP contribution < -0.4 is 15.4 Å². The maximum Gasteiger partial charge on any atom is 0.224 e. The minimum Gasteiger partial charge on any atom is -0.494 e. The first-order valence-electron chi connectivity index (χ1n) is 8.68. The van der Waals surface area contributed by atoms with Crippen LogP contribution in [0.2, 0.25) is 0 Å². The summed E-state index contributed by atoms with van der Waals surface area (Å²) in [4.78, 5) is 25.5. The number of carbonyl (C=O) groups is 2. The molecule has 1 saturated heterocycles. The van der Waals surface area contributed by atoms with E-state index in [0.29, 0.717) is 31.9 Å². The largest absolute Gasteiger partial charge is 0.494 e. The number of nitrogens with one attached hydrogen (secondary N) is 2. The van der Waals surface area contributed by atoms with Crippen LogP contribution >= 0.6 is 12.4 Å². The summed E-state index contributed by atoms with van der Waals surface area (Å²) in [5.74, 6) is 1.07. The van der Waals surface area contributed by atoms with E-state index in [2.05, 4.69) is 17.6 Å². The Labute approximate surface area is 154 Å². The topological polar surface area (TPSA) is 70.7 Å². The predicted octanol–water partition coefficient (Wildman–Crippen LogP) is 1.97. The van der Waals surface area contributed by atoms with Gasteiger partial charge in [0.1, 0.15) is 5.75 Å². The van der Waals surface area contributed by atoms with Crippen molar-refractivity contribution in [1.82, 2.24) is 10.2 Å². The smallest absolute Gasteiger partial charge is 0.224 e. The van der Waals surface area contributed by atoms with E-state index >= 15 is 0 Å². The molecule has 6 nitrogen and oxygen atoms in total. The van der Waals surface area contributed by atoms with Gasteiger partial charge in [0.25, 0.3) is 0 Å². The van der Waals surface area contributed by atoms with Gasteiger partial charge in [-0.2, -0.15) is 0 Å². The second-order valence-electron chi connectivity index (χ2n) is 6.51. The Balaban J connectivity index is 0.00000225. The van der Waals surface area contributed by atoms with Crippen molar-refractivity contribution in [2.24, 2.45) is 0 Å². The summed E-state index contributed by atoms with van der Waals surface area (Å²) in [7, 11) is 0. The van der Waals surface area contributed by atoms with Gasteiger partial charge in [-0.3, -0.25) is 9.59 Å². The average Bonchev–Trinajstić information content (AvgIpc) is 2.58. The van der Waals surface area contributed by atoms with E-state index in [1.165, 1.54) is 0 Å². The van der Waals surface area contributed by atoms with Crippen molar-refractivity contribution in [2.75, 3.05) is 31.6 Å². The summed E-state index contributed by atoms with van der Waals surface area (Å²) in [6.07, 6.45) is 2.50. The molecule has 25 heavy (non-hydrogen) atoms. The van der Waals surface area contributed by atoms with Crippen LogP contribution in [0.5, 0.6) is 5.75 Å². The van der Waals surface area contributed by atoms with E-state index in [1.807, 2.05) is 23.1 Å². The maximum atomic E-state index is 12.2. The predicted molar refractivity (Wildman–Crippen MR) is 99.4 cm³/mol. The number of nitrogens with zero attached hydrogens (tertiary/aromatic N) is 1. The second kappa shape index (κ2) is 9.06. The van der Waals surface area contributed by atoms with Crippen LogP contribution in [0.25, 0.3) is 0 Å². The Morgan fingerprint density at radius 1 is 1.36 bits per heavy atom. The maximum absolute atomic E-state index is 12.2. The normalized spacial score (nSPS) is 19.5. The van der Waals surface area contributed by atoms with Crippen molar-refractivity contribution in [3.05, 3.63) is 23.8 Å². The Bertz CT molecular complexity index is 624. The molecular weight excluding hydrogens is 342 g/mol. The highest BCUT2D eigenvalue weighted by Crippen LogP contribution is 2.26. The first-order chi connectivity index (χ1) is 11.6. The zero-order valence-corrected chi connectivity index (χ0v) is 15.4. The van der Waals surface area contributed by atoms with Gasteiger partial charge in [-0.1, -0.05) is 0 Å². The highest BCUT2D eigenvalue weighted by Gasteiger charge is 2.20. The Morgan fingerprint density at radius 2 is 2.20 bits per heavy atom. The number of aryl methyl sites for hydroxylation is 1. The third-order valence-corrected chi connectivity index (χ3v) is 4.50. The summed E-state index contributed by atoms with van der Waals surface area (Å²) in [5.41, 5.74) is 1.99. The summed E-state index contributed by atoms with van der Waals surface area (Å²) in [6.45, 7) is 5.07. The molecule has 138 valence electrons. The third-order valence-electron chi connectivity index (χ3n) is 4.50. The molecule has 7 heteroatoms. The van der Waals surface area contributed by atoms with Crippen LogP contribution in [0.1, 0.15) is 31.7 Å². The third kappa shape index (κ3) is 5.34. The molecule has 1 aromatic carbocycles. The molecule has 2 heterocycles. The molecule has 0 bridgehead atoms. The number of hydrogen-bond acceptors (Lipinski definition) is 4. The SMILES string of the molecule is CC1CN(C(=O)CCCOc2ccc3c(c2)CCC(=O)N3)CCN1.Cl. The molecule has 0 saturated carbocycles. The average molecular weight is 368 g/mol. The standard InChI is InChI=1S/C18H25N3O3.ClH/c1-13-12-21(9-8-19-13)18(23)3-2-10-24-15-5-6-16-14(11-15)4-7-17(22)20-16;/h5-6,11,13,19H,2-4,7-10,12H2,1H3,(H,20,22);1H. The summed E-state index contributed by atoms with van der Waals surface area (Å²) < 4.78 is 5.76. The van der Waals surface area contributed by atoms with Crippen molar-refractivity contribution in [2.45, 2.75) is 38.6 Å². The number of halogens is 1. The number of amides is 2. The minimum atomic E-state index is 0. The molecular formula is C18H26ClN3O3. The van der Waals surface area contributed by atoms with Gasteiger partial charge in [0.2, 0.25) is 11.8 Å². The lowest BCUT2D eigenvalue weighted by Crippen LogP contribution is -2.51. The number of hydrogen-bond donors (Lipinski definition) is 2. The number of benzene rings is 1. The first kappa shape index (κ1) is 19.5. The lowest BCUT2D eigenvalue weighted by molar-refractivity contribution is -0.132. The molecule has 0 radical (unpaired) electrons. The van der Waals surface area contributed by atoms with E-state index in [9.17, 15) is 9.59 Å². The molecule has 1 atom stereocenters. The molecule has 1 unspecified atom stereocenters. The van der Waals surface area contributed by atoms with Crippen LogP contribution in [0.3, 0.4) is 0 Å². The van der Waals surface area contributed by atoms with Crippen molar-refractivity contribution in [3.8, 4) is 5.75 Å². The number of rotatable bonds is 5. The van der Waals surface area contributed by atoms with Gasteiger partial charge in [-0.25, -0.2) is 0 Å². The van der Waals surface area contributed by atoms with Crippen LogP contribution in [-0.4, -0.2) is 49.0 Å². The van der Waals surface area contributed by atoms with E-state index in [0.717, 1.165) is 43.1 Å². The number of piperazine rings is 1. The fourth-order valence-corrected chi connectivity index (χ4v) is 3.18. The van der Waals surface area contributed by atoms with Crippen molar-refractivity contribution in [1.29, 1.82) is 0 Å². The number of ether oxygens (including phenoxy) is 1. The van der Waals surface area contributed by atoms with E-state index in [-0.39, 0.29) is 24.2 Å². The summed E-state index contributed by atoms with van der Waals surface area (Å²) in [5, 5.41) is 6.20. The van der Waals surface area contributed by atoms with Gasteiger partial charge in [0.05, 0.1) is 6.61 Å². The molecule has 0 spiro atoms. The van der Waals surface area contributed by atoms with E-state index in [1.54, 1.807) is 0 Å². The Kier molecular flexibility index (Phi) is 7.08. The zero-order chi connectivity index (χ0) is 16.9. The zero-order valence-electron chi connectivity index (χ0n) is 14.5. The Hall–Kier alpha value is -1.79. The lowest BCUT2D eigenvalue weighted by atomic mass is 10.0. The van der Waals surface area contributed by atoms with Crippen LogP contribution in [0.4, 0.5) is 5.69 Å². The van der Waals surface area contributed by atoms with Gasteiger partial charge in [0, 0.05) is 44.2 Å². The van der Waals surface area contributed by atoms with E-state index in [4.69, 9.17) is 4.74 Å². The lowest BCUT2D eigenvalue weighted by Gasteiger charge is -2.32.